The molecule has 0 aliphatic rings. The monoisotopic (exact) mass is 363 g/mol. The Morgan fingerprint density at radius 1 is 1.29 bits per heavy atom. The summed E-state index contributed by atoms with van der Waals surface area (Å²) in [5.74, 6) is -1.16. The maximum atomic E-state index is 12.4. The van der Waals surface area contributed by atoms with E-state index in [2.05, 4.69) is 20.0 Å². The third kappa shape index (κ3) is 5.12. The van der Waals surface area contributed by atoms with Crippen molar-refractivity contribution in [2.75, 3.05) is 12.5 Å². The Morgan fingerprint density at radius 3 is 2.58 bits per heavy atom. The first-order valence-corrected chi connectivity index (χ1v) is 7.40. The van der Waals surface area contributed by atoms with Gasteiger partial charge in [-0.25, -0.2) is 4.79 Å². The smallest absolute Gasteiger partial charge is 0.450 e. The van der Waals surface area contributed by atoms with E-state index < -0.39 is 18.2 Å². The minimum Gasteiger partial charge on any atom is -0.450 e. The average Bonchev–Trinajstić information content (AvgIpc) is 3.04. The fraction of sp³-hybridized carbons (Fsp3) is 0.357. The predicted octanol–water partition coefficient (Wildman–Crippen LogP) is 3.61. The van der Waals surface area contributed by atoms with E-state index in [1.807, 2.05) is 0 Å². The third-order valence-corrected chi connectivity index (χ3v) is 3.10. The molecule has 24 heavy (non-hydrogen) atoms. The van der Waals surface area contributed by atoms with E-state index in [-0.39, 0.29) is 19.0 Å². The highest BCUT2D eigenvalue weighted by Gasteiger charge is 2.38. The van der Waals surface area contributed by atoms with Crippen LogP contribution in [0.3, 0.4) is 0 Å². The van der Waals surface area contributed by atoms with Gasteiger partial charge in [0.15, 0.2) is 0 Å². The second-order valence-corrected chi connectivity index (χ2v) is 5.03. The van der Waals surface area contributed by atoms with Crippen molar-refractivity contribution in [2.24, 2.45) is 0 Å². The Morgan fingerprint density at radius 2 is 2.00 bits per heavy atom. The molecule has 1 N–H and O–H groups in total. The highest BCUT2D eigenvalue weighted by Crippen LogP contribution is 2.29. The van der Waals surface area contributed by atoms with Crippen LogP contribution in [0.25, 0.3) is 11.4 Å². The normalized spacial score (nSPS) is 11.3. The Kier molecular flexibility index (Phi) is 6.02. The molecule has 2 rings (SSSR count). The molecule has 0 saturated carbocycles. The van der Waals surface area contributed by atoms with Crippen molar-refractivity contribution in [2.45, 2.75) is 19.1 Å². The topological polar surface area (TPSA) is 77.3 Å². The van der Waals surface area contributed by atoms with Gasteiger partial charge >= 0.3 is 18.2 Å². The van der Waals surface area contributed by atoms with Crippen molar-refractivity contribution in [3.8, 4) is 11.4 Å². The van der Waals surface area contributed by atoms with Gasteiger partial charge in [-0.15, -0.1) is 11.6 Å². The van der Waals surface area contributed by atoms with Gasteiger partial charge in [-0.2, -0.15) is 18.2 Å². The van der Waals surface area contributed by atoms with Gasteiger partial charge in [0.1, 0.15) is 0 Å². The van der Waals surface area contributed by atoms with Gasteiger partial charge in [0.25, 0.3) is 0 Å². The third-order valence-electron chi connectivity index (χ3n) is 2.83. The summed E-state index contributed by atoms with van der Waals surface area (Å²) in [6.07, 6.45) is -4.69. The SMILES string of the molecule is O=C(NCc1ccc(-c2noc(C(F)(F)F)n2)cc1)OCCCCl. The second kappa shape index (κ2) is 8.00. The zero-order valence-electron chi connectivity index (χ0n) is 12.3. The lowest BCUT2D eigenvalue weighted by molar-refractivity contribution is -0.159. The van der Waals surface area contributed by atoms with Crippen LogP contribution in [0.5, 0.6) is 0 Å². The summed E-state index contributed by atoms with van der Waals surface area (Å²) in [6.45, 7) is 0.438. The summed E-state index contributed by atoms with van der Waals surface area (Å²) >= 11 is 5.46. The molecule has 1 aromatic heterocycles. The summed E-state index contributed by atoms with van der Waals surface area (Å²) in [5.41, 5.74) is 1.09. The molecule has 0 atom stereocenters. The number of aromatic nitrogens is 2. The molecule has 0 fully saturated rings. The van der Waals surface area contributed by atoms with Crippen LogP contribution in [0.2, 0.25) is 0 Å². The number of alkyl carbamates (subject to hydrolysis) is 1. The first-order valence-electron chi connectivity index (χ1n) is 6.87. The number of carbonyl (C=O) groups excluding carboxylic acids is 1. The van der Waals surface area contributed by atoms with Crippen molar-refractivity contribution in [1.29, 1.82) is 0 Å². The van der Waals surface area contributed by atoms with Crippen LogP contribution in [0.4, 0.5) is 18.0 Å². The molecule has 1 amide bonds. The van der Waals surface area contributed by atoms with Crippen molar-refractivity contribution in [3.05, 3.63) is 35.7 Å². The number of benzene rings is 1. The Hall–Kier alpha value is -2.29. The molecule has 2 aromatic rings. The molecular formula is C14H13ClF3N3O3. The molecule has 0 aliphatic heterocycles. The van der Waals surface area contributed by atoms with Crippen LogP contribution >= 0.6 is 11.6 Å². The van der Waals surface area contributed by atoms with Gasteiger partial charge in [0, 0.05) is 18.0 Å². The molecule has 1 heterocycles. The molecule has 0 unspecified atom stereocenters. The average molecular weight is 364 g/mol. The number of hydrogen-bond donors (Lipinski definition) is 1. The quantitative estimate of drug-likeness (QED) is 0.626. The Balaban J connectivity index is 1.91. The maximum Gasteiger partial charge on any atom is 0.471 e. The number of nitrogens with one attached hydrogen (secondary N) is 1. The standard InChI is InChI=1S/C14H13ClF3N3O3/c15-6-1-7-23-13(22)19-8-9-2-4-10(5-3-9)11-20-12(24-21-11)14(16,17)18/h2-5H,1,6-8H2,(H,19,22). The van der Waals surface area contributed by atoms with E-state index >= 15 is 0 Å². The molecule has 1 aromatic carbocycles. The number of alkyl halides is 4. The minimum atomic E-state index is -4.68. The van der Waals surface area contributed by atoms with Gasteiger partial charge in [-0.05, 0) is 12.0 Å². The summed E-state index contributed by atoms with van der Waals surface area (Å²) < 4.78 is 46.3. The van der Waals surface area contributed by atoms with Crippen molar-refractivity contribution >= 4 is 17.7 Å². The van der Waals surface area contributed by atoms with Gasteiger partial charge in [0.2, 0.25) is 5.82 Å². The molecule has 6 nitrogen and oxygen atoms in total. The number of ether oxygens (including phenoxy) is 1. The molecule has 0 radical (unpaired) electrons. The first-order chi connectivity index (χ1) is 11.4. The molecule has 0 bridgehead atoms. The summed E-state index contributed by atoms with van der Waals surface area (Å²) in [6, 6.07) is 6.30. The summed E-state index contributed by atoms with van der Waals surface area (Å²) in [4.78, 5) is 14.7. The van der Waals surface area contributed by atoms with E-state index in [9.17, 15) is 18.0 Å². The van der Waals surface area contributed by atoms with Gasteiger partial charge in [0.05, 0.1) is 6.61 Å². The lowest BCUT2D eigenvalue weighted by Crippen LogP contribution is -2.24. The van der Waals surface area contributed by atoms with E-state index in [1.165, 1.54) is 12.1 Å². The van der Waals surface area contributed by atoms with Crippen LogP contribution in [0, 0.1) is 0 Å². The van der Waals surface area contributed by atoms with Crippen LogP contribution in [-0.2, 0) is 17.5 Å². The molecule has 0 spiro atoms. The van der Waals surface area contributed by atoms with E-state index in [0.29, 0.717) is 17.9 Å². The molecule has 130 valence electrons. The van der Waals surface area contributed by atoms with Gasteiger partial charge in [-0.3, -0.25) is 0 Å². The van der Waals surface area contributed by atoms with Crippen molar-refractivity contribution < 1.29 is 27.2 Å². The van der Waals surface area contributed by atoms with Gasteiger partial charge in [-0.1, -0.05) is 29.4 Å². The Bertz CT molecular complexity index is 674. The van der Waals surface area contributed by atoms with E-state index in [4.69, 9.17) is 16.3 Å². The fourth-order valence-electron chi connectivity index (χ4n) is 1.67. The highest BCUT2D eigenvalue weighted by molar-refractivity contribution is 6.17. The largest absolute Gasteiger partial charge is 0.471 e. The fourth-order valence-corrected chi connectivity index (χ4v) is 1.78. The zero-order valence-corrected chi connectivity index (χ0v) is 13.0. The van der Waals surface area contributed by atoms with Crippen LogP contribution in [0.15, 0.2) is 28.8 Å². The number of rotatable bonds is 6. The molecule has 10 heteroatoms. The number of halogens is 4. The van der Waals surface area contributed by atoms with Crippen LogP contribution in [-0.4, -0.2) is 28.7 Å². The maximum absolute atomic E-state index is 12.4. The number of carbonyl (C=O) groups is 1. The highest BCUT2D eigenvalue weighted by atomic mass is 35.5. The zero-order chi connectivity index (χ0) is 17.6. The summed E-state index contributed by atoms with van der Waals surface area (Å²) in [7, 11) is 0. The van der Waals surface area contributed by atoms with Crippen LogP contribution in [0.1, 0.15) is 17.9 Å². The number of amides is 1. The van der Waals surface area contributed by atoms with E-state index in [0.717, 1.165) is 5.56 Å². The predicted molar refractivity (Wildman–Crippen MR) is 78.3 cm³/mol. The number of nitrogens with zero attached hydrogens (tertiary/aromatic N) is 2. The molecule has 0 aliphatic carbocycles. The lowest BCUT2D eigenvalue weighted by atomic mass is 10.1. The second-order valence-electron chi connectivity index (χ2n) is 4.65. The van der Waals surface area contributed by atoms with E-state index in [1.54, 1.807) is 12.1 Å². The molecular weight excluding hydrogens is 351 g/mol. The van der Waals surface area contributed by atoms with Crippen LogP contribution < -0.4 is 5.32 Å². The lowest BCUT2D eigenvalue weighted by Gasteiger charge is -2.06. The summed E-state index contributed by atoms with van der Waals surface area (Å²) in [5, 5.41) is 5.83. The molecule has 0 saturated heterocycles. The van der Waals surface area contributed by atoms with Crippen molar-refractivity contribution in [3.63, 3.8) is 0 Å². The first kappa shape index (κ1) is 18.1. The van der Waals surface area contributed by atoms with Crippen molar-refractivity contribution in [1.82, 2.24) is 15.5 Å². The minimum absolute atomic E-state index is 0.165. The Labute approximate surface area is 139 Å². The van der Waals surface area contributed by atoms with Gasteiger partial charge < -0.3 is 14.6 Å². The number of hydrogen-bond acceptors (Lipinski definition) is 5.